The van der Waals surface area contributed by atoms with Gasteiger partial charge in [-0.05, 0) is 38.9 Å². The second kappa shape index (κ2) is 5.17. The average molecular weight is 276 g/mol. The molecule has 1 spiro atoms. The maximum atomic E-state index is 13.8. The normalized spacial score (nSPS) is 27.5. The predicted octanol–water partition coefficient (Wildman–Crippen LogP) is 2.27. The second-order valence-electron chi connectivity index (χ2n) is 6.19. The first-order chi connectivity index (χ1) is 9.61. The van der Waals surface area contributed by atoms with Crippen LogP contribution in [0.4, 0.5) is 4.39 Å². The minimum Gasteiger partial charge on any atom is -0.338 e. The van der Waals surface area contributed by atoms with Gasteiger partial charge in [0.05, 0.1) is 5.41 Å². The molecule has 108 valence electrons. The van der Waals surface area contributed by atoms with Crippen LogP contribution in [0, 0.1) is 11.2 Å². The number of piperidine rings is 1. The quantitative estimate of drug-likeness (QED) is 0.827. The molecule has 0 saturated carbocycles. The van der Waals surface area contributed by atoms with Gasteiger partial charge in [0.15, 0.2) is 0 Å². The Morgan fingerprint density at radius 3 is 2.75 bits per heavy atom. The number of hydrogen-bond acceptors (Lipinski definition) is 2. The first kappa shape index (κ1) is 13.6. The summed E-state index contributed by atoms with van der Waals surface area (Å²) in [6.07, 6.45) is 2.94. The molecule has 2 saturated heterocycles. The first-order valence-electron chi connectivity index (χ1n) is 7.32. The van der Waals surface area contributed by atoms with Crippen LogP contribution >= 0.6 is 0 Å². The van der Waals surface area contributed by atoms with Crippen LogP contribution in [-0.4, -0.2) is 42.4 Å². The minimum atomic E-state index is -0.219. The molecule has 4 heteroatoms. The zero-order valence-electron chi connectivity index (χ0n) is 11.9. The van der Waals surface area contributed by atoms with Crippen LogP contribution < -0.4 is 0 Å². The van der Waals surface area contributed by atoms with Gasteiger partial charge in [0.1, 0.15) is 5.82 Å². The van der Waals surface area contributed by atoms with Gasteiger partial charge in [-0.2, -0.15) is 0 Å². The number of hydrogen-bond donors (Lipinski definition) is 0. The van der Waals surface area contributed by atoms with Gasteiger partial charge in [0, 0.05) is 25.2 Å². The highest BCUT2D eigenvalue weighted by molar-refractivity contribution is 5.84. The largest absolute Gasteiger partial charge is 0.338 e. The van der Waals surface area contributed by atoms with Crippen molar-refractivity contribution in [3.63, 3.8) is 0 Å². The molecule has 0 aliphatic carbocycles. The molecule has 0 aromatic heterocycles. The summed E-state index contributed by atoms with van der Waals surface area (Å²) in [4.78, 5) is 16.9. The molecule has 2 heterocycles. The van der Waals surface area contributed by atoms with E-state index in [0.717, 1.165) is 38.9 Å². The topological polar surface area (TPSA) is 23.6 Å². The van der Waals surface area contributed by atoms with Crippen molar-refractivity contribution < 1.29 is 9.18 Å². The van der Waals surface area contributed by atoms with E-state index in [0.29, 0.717) is 12.1 Å². The van der Waals surface area contributed by atoms with Gasteiger partial charge in [-0.15, -0.1) is 0 Å². The monoisotopic (exact) mass is 276 g/mol. The fraction of sp³-hybridized carbons (Fsp3) is 0.562. The summed E-state index contributed by atoms with van der Waals surface area (Å²) in [5.74, 6) is -0.000170. The molecule has 3 rings (SSSR count). The lowest BCUT2D eigenvalue weighted by atomic mass is 9.78. The van der Waals surface area contributed by atoms with E-state index in [1.807, 2.05) is 11.0 Å². The van der Waals surface area contributed by atoms with E-state index in [9.17, 15) is 9.18 Å². The van der Waals surface area contributed by atoms with Gasteiger partial charge in [-0.3, -0.25) is 4.79 Å². The smallest absolute Gasteiger partial charge is 0.230 e. The summed E-state index contributed by atoms with van der Waals surface area (Å²) in [6.45, 7) is 2.98. The number of benzene rings is 1. The third-order valence-corrected chi connectivity index (χ3v) is 4.69. The van der Waals surface area contributed by atoms with E-state index in [1.165, 1.54) is 6.07 Å². The Hall–Kier alpha value is -1.42. The molecule has 2 fully saturated rings. The van der Waals surface area contributed by atoms with Crippen molar-refractivity contribution >= 4 is 5.91 Å². The fourth-order valence-electron chi connectivity index (χ4n) is 3.59. The SMILES string of the molecule is CN1CC[C@]2(CCCN(Cc3ccccc3F)C2=O)C1. The van der Waals surface area contributed by atoms with Crippen molar-refractivity contribution in [1.82, 2.24) is 9.80 Å². The van der Waals surface area contributed by atoms with Crippen LogP contribution in [0.15, 0.2) is 24.3 Å². The van der Waals surface area contributed by atoms with Gasteiger partial charge in [0.25, 0.3) is 0 Å². The van der Waals surface area contributed by atoms with E-state index in [1.54, 1.807) is 12.1 Å². The highest BCUT2D eigenvalue weighted by atomic mass is 19.1. The van der Waals surface area contributed by atoms with Crippen molar-refractivity contribution in [1.29, 1.82) is 0 Å². The number of amides is 1. The third-order valence-electron chi connectivity index (χ3n) is 4.69. The Morgan fingerprint density at radius 1 is 1.25 bits per heavy atom. The second-order valence-corrected chi connectivity index (χ2v) is 6.19. The van der Waals surface area contributed by atoms with E-state index in [2.05, 4.69) is 11.9 Å². The minimum absolute atomic E-state index is 0.210. The number of carbonyl (C=O) groups is 1. The average Bonchev–Trinajstić information content (AvgIpc) is 2.80. The number of likely N-dealkylation sites (tertiary alicyclic amines) is 2. The third kappa shape index (κ3) is 2.33. The van der Waals surface area contributed by atoms with Crippen molar-refractivity contribution in [2.24, 2.45) is 5.41 Å². The molecule has 1 atom stereocenters. The standard InChI is InChI=1S/C16H21FN2O/c1-18-10-8-16(12-18)7-4-9-19(15(16)20)11-13-5-2-3-6-14(13)17/h2-3,5-6H,4,7-12H2,1H3/t16-/m1/s1. The Kier molecular flexibility index (Phi) is 3.50. The number of nitrogens with zero attached hydrogens (tertiary/aromatic N) is 2. The highest BCUT2D eigenvalue weighted by Crippen LogP contribution is 2.39. The Bertz CT molecular complexity index is 515. The van der Waals surface area contributed by atoms with Crippen LogP contribution in [0.2, 0.25) is 0 Å². The summed E-state index contributed by atoms with van der Waals surface area (Å²) in [6, 6.07) is 6.74. The molecule has 20 heavy (non-hydrogen) atoms. The highest BCUT2D eigenvalue weighted by Gasteiger charge is 2.47. The number of carbonyl (C=O) groups excluding carboxylic acids is 1. The lowest BCUT2D eigenvalue weighted by Gasteiger charge is -2.39. The molecule has 1 aromatic rings. The predicted molar refractivity (Wildman–Crippen MR) is 75.6 cm³/mol. The van der Waals surface area contributed by atoms with Crippen LogP contribution in [0.1, 0.15) is 24.8 Å². The number of rotatable bonds is 2. The zero-order valence-corrected chi connectivity index (χ0v) is 11.9. The van der Waals surface area contributed by atoms with E-state index in [-0.39, 0.29) is 17.1 Å². The molecule has 0 unspecified atom stereocenters. The fourth-order valence-corrected chi connectivity index (χ4v) is 3.59. The first-order valence-corrected chi connectivity index (χ1v) is 7.32. The van der Waals surface area contributed by atoms with E-state index in [4.69, 9.17) is 0 Å². The summed E-state index contributed by atoms with van der Waals surface area (Å²) in [5.41, 5.74) is 0.405. The van der Waals surface area contributed by atoms with Gasteiger partial charge in [0.2, 0.25) is 5.91 Å². The Balaban J connectivity index is 1.77. The molecule has 0 radical (unpaired) electrons. The van der Waals surface area contributed by atoms with Gasteiger partial charge in [-0.25, -0.2) is 4.39 Å². The lowest BCUT2D eigenvalue weighted by Crippen LogP contribution is -2.49. The van der Waals surface area contributed by atoms with Crippen LogP contribution in [0.5, 0.6) is 0 Å². The van der Waals surface area contributed by atoms with E-state index >= 15 is 0 Å². The van der Waals surface area contributed by atoms with Crippen molar-refractivity contribution in [3.8, 4) is 0 Å². The molecule has 0 N–H and O–H groups in total. The van der Waals surface area contributed by atoms with Gasteiger partial charge >= 0.3 is 0 Å². The molecule has 2 aliphatic heterocycles. The maximum absolute atomic E-state index is 13.8. The Morgan fingerprint density at radius 2 is 2.05 bits per heavy atom. The lowest BCUT2D eigenvalue weighted by molar-refractivity contribution is -0.146. The summed E-state index contributed by atoms with van der Waals surface area (Å²) >= 11 is 0. The Labute approximate surface area is 119 Å². The molecule has 3 nitrogen and oxygen atoms in total. The summed E-state index contributed by atoms with van der Waals surface area (Å²) in [7, 11) is 2.07. The molecular weight excluding hydrogens is 255 g/mol. The molecule has 0 bridgehead atoms. The van der Waals surface area contributed by atoms with Crippen molar-refractivity contribution in [3.05, 3.63) is 35.6 Å². The zero-order chi connectivity index (χ0) is 14.2. The number of halogens is 1. The molecule has 1 aromatic carbocycles. The summed E-state index contributed by atoms with van der Waals surface area (Å²) < 4.78 is 13.8. The van der Waals surface area contributed by atoms with Gasteiger partial charge in [-0.1, -0.05) is 18.2 Å². The van der Waals surface area contributed by atoms with Crippen LogP contribution in [0.3, 0.4) is 0 Å². The summed E-state index contributed by atoms with van der Waals surface area (Å²) in [5, 5.41) is 0. The maximum Gasteiger partial charge on any atom is 0.230 e. The van der Waals surface area contributed by atoms with Crippen LogP contribution in [0.25, 0.3) is 0 Å². The molecular formula is C16H21FN2O. The van der Waals surface area contributed by atoms with Crippen molar-refractivity contribution in [2.75, 3.05) is 26.7 Å². The molecule has 2 aliphatic rings. The molecule has 1 amide bonds. The van der Waals surface area contributed by atoms with E-state index < -0.39 is 0 Å². The van der Waals surface area contributed by atoms with Crippen molar-refractivity contribution in [2.45, 2.75) is 25.8 Å². The van der Waals surface area contributed by atoms with Gasteiger partial charge < -0.3 is 9.80 Å². The van der Waals surface area contributed by atoms with Crippen LogP contribution in [-0.2, 0) is 11.3 Å².